The third-order valence-corrected chi connectivity index (χ3v) is 6.65. The van der Waals surface area contributed by atoms with Crippen molar-refractivity contribution in [3.05, 3.63) is 124 Å². The second kappa shape index (κ2) is 21.3. The van der Waals surface area contributed by atoms with Crippen LogP contribution in [0.2, 0.25) is 0 Å². The van der Waals surface area contributed by atoms with Crippen LogP contribution in [0.3, 0.4) is 0 Å². The minimum absolute atomic E-state index is 0.0208. The van der Waals surface area contributed by atoms with Crippen molar-refractivity contribution in [2.24, 2.45) is 0 Å². The zero-order chi connectivity index (χ0) is 41.2. The molecule has 4 aromatic rings. The van der Waals surface area contributed by atoms with Gasteiger partial charge in [-0.1, -0.05) is 0 Å². The molecule has 0 saturated heterocycles. The summed E-state index contributed by atoms with van der Waals surface area (Å²) in [7, 11) is 5.50. The molecular formula is C32H29ClN4O18. The van der Waals surface area contributed by atoms with Crippen molar-refractivity contribution in [2.75, 3.05) is 28.4 Å². The summed E-state index contributed by atoms with van der Waals surface area (Å²) < 4.78 is 34.1. The fourth-order valence-electron chi connectivity index (χ4n) is 4.03. The van der Waals surface area contributed by atoms with Crippen molar-refractivity contribution in [3.8, 4) is 34.5 Å². The lowest BCUT2D eigenvalue weighted by Crippen LogP contribution is -2.11. The highest BCUT2D eigenvalue weighted by Gasteiger charge is 2.22. The molecule has 22 nitrogen and oxygen atoms in total. The van der Waals surface area contributed by atoms with Crippen molar-refractivity contribution in [1.29, 1.82) is 0 Å². The third-order valence-electron chi connectivity index (χ3n) is 6.57. The van der Waals surface area contributed by atoms with E-state index in [4.69, 9.17) is 45.1 Å². The molecule has 0 atom stereocenters. The number of aliphatic hydroxyl groups is 1. The molecule has 0 aromatic heterocycles. The molecule has 0 amide bonds. The summed E-state index contributed by atoms with van der Waals surface area (Å²) in [5, 5.41) is 51.6. The van der Waals surface area contributed by atoms with Crippen LogP contribution in [0.1, 0.15) is 11.1 Å². The Kier molecular flexibility index (Phi) is 16.9. The molecule has 292 valence electrons. The van der Waals surface area contributed by atoms with Gasteiger partial charge in [0.1, 0.15) is 18.1 Å². The Balaban J connectivity index is 0.000000314. The molecule has 0 radical (unpaired) electrons. The molecule has 0 aliphatic carbocycles. The van der Waals surface area contributed by atoms with Crippen LogP contribution in [0.15, 0.2) is 72.8 Å². The second-order valence-corrected chi connectivity index (χ2v) is 10.1. The molecule has 0 unspecified atom stereocenters. The summed E-state index contributed by atoms with van der Waals surface area (Å²) in [5.74, 6) is 1.19. The summed E-state index contributed by atoms with van der Waals surface area (Å²) in [4.78, 5) is 62.3. The Morgan fingerprint density at radius 2 is 0.945 bits per heavy atom. The molecule has 0 aliphatic rings. The normalized spacial score (nSPS) is 9.78. The average Bonchev–Trinajstić information content (AvgIpc) is 3.16. The summed E-state index contributed by atoms with van der Waals surface area (Å²) in [6.45, 7) is -0.876. The Morgan fingerprint density at radius 1 is 0.582 bits per heavy atom. The van der Waals surface area contributed by atoms with E-state index in [2.05, 4.69) is 4.74 Å². The van der Waals surface area contributed by atoms with Crippen LogP contribution in [0.25, 0.3) is 0 Å². The van der Waals surface area contributed by atoms with E-state index in [0.29, 0.717) is 5.75 Å². The third kappa shape index (κ3) is 13.3. The predicted octanol–water partition coefficient (Wildman–Crippen LogP) is 6.67. The van der Waals surface area contributed by atoms with Crippen LogP contribution in [0, 0.1) is 40.5 Å². The largest absolute Gasteiger partial charge is 0.514 e. The van der Waals surface area contributed by atoms with Gasteiger partial charge in [-0.3, -0.25) is 40.5 Å². The number of hydrogen-bond acceptors (Lipinski definition) is 18. The van der Waals surface area contributed by atoms with Crippen molar-refractivity contribution in [3.63, 3.8) is 0 Å². The molecule has 0 spiro atoms. The number of non-ortho nitro benzene ring substituents is 2. The topological polar surface area (TPSA) is 292 Å². The van der Waals surface area contributed by atoms with Crippen LogP contribution in [-0.4, -0.2) is 64.8 Å². The van der Waals surface area contributed by atoms with E-state index < -0.39 is 44.5 Å². The van der Waals surface area contributed by atoms with E-state index in [1.807, 2.05) is 0 Å². The van der Waals surface area contributed by atoms with Gasteiger partial charge in [0.2, 0.25) is 0 Å². The smallest absolute Gasteiger partial charge is 0.493 e. The number of halogens is 1. The van der Waals surface area contributed by atoms with E-state index in [1.165, 1.54) is 83.0 Å². The molecule has 4 aromatic carbocycles. The number of hydrogen-bond donors (Lipinski definition) is 1. The summed E-state index contributed by atoms with van der Waals surface area (Å²) >= 11 is 4.92. The monoisotopic (exact) mass is 792 g/mol. The van der Waals surface area contributed by atoms with E-state index in [1.54, 1.807) is 0 Å². The minimum Gasteiger partial charge on any atom is -0.493 e. The summed E-state index contributed by atoms with van der Waals surface area (Å²) in [5.41, 5.74) is -1.47. The van der Waals surface area contributed by atoms with E-state index >= 15 is 0 Å². The lowest BCUT2D eigenvalue weighted by molar-refractivity contribution is -0.386. The first-order valence-corrected chi connectivity index (χ1v) is 15.1. The summed E-state index contributed by atoms with van der Waals surface area (Å²) in [6.07, 6.45) is -1.13. The molecule has 0 bridgehead atoms. The van der Waals surface area contributed by atoms with Crippen molar-refractivity contribution in [1.82, 2.24) is 0 Å². The molecule has 1 N–H and O–H groups in total. The van der Waals surface area contributed by atoms with Gasteiger partial charge in [-0.15, -0.1) is 0 Å². The van der Waals surface area contributed by atoms with Gasteiger partial charge in [-0.05, 0) is 36.4 Å². The Bertz CT molecular complexity index is 2010. The molecule has 55 heavy (non-hydrogen) atoms. The molecule has 0 aliphatic heterocycles. The van der Waals surface area contributed by atoms with Gasteiger partial charge < -0.3 is 38.3 Å². The van der Waals surface area contributed by atoms with Gasteiger partial charge in [0.15, 0.2) is 23.0 Å². The number of nitrogens with zero attached hydrogens (tertiary/aromatic N) is 4. The maximum atomic E-state index is 11.8. The highest BCUT2D eigenvalue weighted by molar-refractivity contribution is 6.61. The number of methoxy groups -OCH3 is 4. The van der Waals surface area contributed by atoms with E-state index in [0.717, 1.165) is 18.2 Å². The lowest BCUT2D eigenvalue weighted by atomic mass is 10.1. The Hall–Kier alpha value is -7.33. The number of rotatable bonds is 13. The highest BCUT2D eigenvalue weighted by Crippen LogP contribution is 2.36. The number of benzene rings is 4. The number of carbonyl (C=O) groups excluding carboxylic acids is 2. The zero-order valence-electron chi connectivity index (χ0n) is 28.9. The van der Waals surface area contributed by atoms with Crippen molar-refractivity contribution in [2.45, 2.75) is 13.2 Å². The quantitative estimate of drug-likeness (QED) is 0.0485. The number of nitro benzene ring substituents is 4. The molecule has 0 saturated carbocycles. The molecule has 0 heterocycles. The standard InChI is InChI=1S/C16H14N2O9.C9H11NO5.C7H4ClNO4/c1-24-14-7-10(13(18(22)23)8-15(14)25-2)9-26-16(19)27-12-5-3-11(4-6-12)17(20)21;1-14-8-3-6(5-11)7(10(12)13)4-9(8)15-2;8-7(10)13-6-3-1-5(2-4-6)9(11)12/h3-8H,9H2,1-2H3;3-4,11H,5H2,1-2H3;1-4H. The lowest BCUT2D eigenvalue weighted by Gasteiger charge is -2.11. The van der Waals surface area contributed by atoms with Crippen molar-refractivity contribution >= 4 is 45.9 Å². The zero-order valence-corrected chi connectivity index (χ0v) is 29.7. The van der Waals surface area contributed by atoms with Crippen LogP contribution < -0.4 is 28.4 Å². The van der Waals surface area contributed by atoms with Gasteiger partial charge in [0, 0.05) is 35.9 Å². The van der Waals surface area contributed by atoms with Crippen LogP contribution in [0.4, 0.5) is 32.3 Å². The van der Waals surface area contributed by atoms with Crippen molar-refractivity contribution < 1.29 is 67.5 Å². The molecule has 0 fully saturated rings. The number of carbonyl (C=O) groups is 2. The number of aliphatic hydroxyl groups excluding tert-OH is 1. The average molecular weight is 793 g/mol. The molecular weight excluding hydrogens is 764 g/mol. The maximum Gasteiger partial charge on any atom is 0.514 e. The fourth-order valence-corrected chi connectivity index (χ4v) is 4.12. The number of nitro groups is 4. The SMILES string of the molecule is COc1cc(CO)c([N+](=O)[O-])cc1OC.COc1cc(COC(=O)Oc2ccc([N+](=O)[O-])cc2)c([N+](=O)[O-])cc1OC.O=C(Cl)Oc1ccc([N+](=O)[O-])cc1. The number of ether oxygens (including phenoxy) is 7. The minimum atomic E-state index is -1.13. The van der Waals surface area contributed by atoms with Gasteiger partial charge in [0.25, 0.3) is 22.7 Å². The van der Waals surface area contributed by atoms with Gasteiger partial charge in [-0.2, -0.15) is 0 Å². The van der Waals surface area contributed by atoms with E-state index in [-0.39, 0.29) is 62.6 Å². The molecule has 23 heteroatoms. The van der Waals surface area contributed by atoms with Crippen LogP contribution in [0.5, 0.6) is 34.5 Å². The van der Waals surface area contributed by atoms with E-state index in [9.17, 15) is 50.0 Å². The first-order valence-electron chi connectivity index (χ1n) is 14.7. The molecule has 4 rings (SSSR count). The van der Waals surface area contributed by atoms with Gasteiger partial charge in [0.05, 0.1) is 78.0 Å². The van der Waals surface area contributed by atoms with Crippen LogP contribution >= 0.6 is 11.6 Å². The van der Waals surface area contributed by atoms with Gasteiger partial charge >= 0.3 is 11.6 Å². The summed E-state index contributed by atoms with van der Waals surface area (Å²) in [6, 6.07) is 14.8. The van der Waals surface area contributed by atoms with Gasteiger partial charge in [-0.25, -0.2) is 9.59 Å². The Morgan fingerprint density at radius 3 is 1.29 bits per heavy atom. The highest BCUT2D eigenvalue weighted by atomic mass is 35.5. The fraction of sp³-hybridized carbons (Fsp3) is 0.188. The maximum absolute atomic E-state index is 11.8. The Labute approximate surface area is 313 Å². The first kappa shape index (κ1) is 43.8. The van der Waals surface area contributed by atoms with Crippen LogP contribution in [-0.2, 0) is 18.0 Å². The predicted molar refractivity (Wildman–Crippen MR) is 187 cm³/mol. The first-order chi connectivity index (χ1) is 26.1. The second-order valence-electron chi connectivity index (χ2n) is 9.83.